The Morgan fingerprint density at radius 1 is 1.30 bits per heavy atom. The van der Waals surface area contributed by atoms with Crippen molar-refractivity contribution >= 4 is 73.4 Å². The fraction of sp³-hybridized carbons (Fsp3) is 0. The summed E-state index contributed by atoms with van der Waals surface area (Å²) in [5, 5.41) is 0.546. The van der Waals surface area contributed by atoms with Crippen LogP contribution in [0.4, 0.5) is 4.39 Å². The van der Waals surface area contributed by atoms with Crippen molar-refractivity contribution < 1.29 is 4.39 Å². The molecule has 0 amide bonds. The van der Waals surface area contributed by atoms with Gasteiger partial charge in [0.25, 0.3) is 0 Å². The van der Waals surface area contributed by atoms with E-state index in [4.69, 9.17) is 23.8 Å². The van der Waals surface area contributed by atoms with Crippen molar-refractivity contribution in [2.24, 2.45) is 0 Å². The highest BCUT2D eigenvalue weighted by Gasteiger charge is 2.12. The van der Waals surface area contributed by atoms with Crippen molar-refractivity contribution in [3.8, 4) is 5.69 Å². The number of aromatic nitrogens is 2. The first-order valence-corrected chi connectivity index (χ1v) is 8.18. The summed E-state index contributed by atoms with van der Waals surface area (Å²) >= 11 is 16.9. The van der Waals surface area contributed by atoms with Gasteiger partial charge in [0.1, 0.15) is 5.82 Å². The third-order valence-corrected chi connectivity index (χ3v) is 4.80. The van der Waals surface area contributed by atoms with E-state index in [-0.39, 0.29) is 5.82 Å². The number of halogens is 4. The molecule has 0 bridgehead atoms. The van der Waals surface area contributed by atoms with E-state index in [9.17, 15) is 4.39 Å². The van der Waals surface area contributed by atoms with Gasteiger partial charge in [0.05, 0.1) is 25.3 Å². The molecule has 1 heterocycles. The molecule has 3 aromatic rings. The number of benzene rings is 2. The van der Waals surface area contributed by atoms with Crippen LogP contribution in [0.5, 0.6) is 0 Å². The number of H-pyrrole nitrogens is 1. The predicted octanol–water partition coefficient (Wildman–Crippen LogP) is 5.85. The van der Waals surface area contributed by atoms with Gasteiger partial charge in [-0.1, -0.05) is 27.5 Å². The second-order valence-electron chi connectivity index (χ2n) is 4.14. The predicted molar refractivity (Wildman–Crippen MR) is 93.8 cm³/mol. The lowest BCUT2D eigenvalue weighted by atomic mass is 10.2. The van der Waals surface area contributed by atoms with Gasteiger partial charge in [-0.15, -0.1) is 0 Å². The maximum atomic E-state index is 13.8. The Bertz CT molecular complexity index is 890. The summed E-state index contributed by atoms with van der Waals surface area (Å²) in [5.74, 6) is -0.285. The Morgan fingerprint density at radius 3 is 2.80 bits per heavy atom. The van der Waals surface area contributed by atoms with Crippen molar-refractivity contribution in [3.05, 3.63) is 54.0 Å². The molecule has 2 aromatic carbocycles. The highest BCUT2D eigenvalue weighted by Crippen LogP contribution is 2.29. The van der Waals surface area contributed by atoms with Gasteiger partial charge in [-0.05, 0) is 59.1 Å². The highest BCUT2D eigenvalue weighted by molar-refractivity contribution is 14.1. The molecule has 0 radical (unpaired) electrons. The summed E-state index contributed by atoms with van der Waals surface area (Å²) in [4.78, 5) is 3.07. The van der Waals surface area contributed by atoms with Gasteiger partial charge in [0.2, 0.25) is 0 Å². The van der Waals surface area contributed by atoms with Crippen molar-refractivity contribution in [2.45, 2.75) is 0 Å². The van der Waals surface area contributed by atoms with Gasteiger partial charge in [-0.2, -0.15) is 0 Å². The molecule has 0 aliphatic heterocycles. The Morgan fingerprint density at radius 2 is 2.05 bits per heavy atom. The fourth-order valence-electron chi connectivity index (χ4n) is 2.00. The van der Waals surface area contributed by atoms with Crippen LogP contribution in [0.2, 0.25) is 5.02 Å². The van der Waals surface area contributed by atoms with Crippen molar-refractivity contribution in [2.75, 3.05) is 0 Å². The van der Waals surface area contributed by atoms with Crippen LogP contribution in [0.1, 0.15) is 0 Å². The lowest BCUT2D eigenvalue weighted by Gasteiger charge is -2.08. The van der Waals surface area contributed by atoms with Gasteiger partial charge in [0, 0.05) is 10.5 Å². The van der Waals surface area contributed by atoms with E-state index in [0.717, 1.165) is 9.99 Å². The summed E-state index contributed by atoms with van der Waals surface area (Å²) in [6.45, 7) is 0. The molecule has 3 rings (SSSR count). The Kier molecular flexibility index (Phi) is 3.91. The Labute approximate surface area is 146 Å². The summed E-state index contributed by atoms with van der Waals surface area (Å²) in [7, 11) is 0. The number of rotatable bonds is 1. The molecule has 20 heavy (non-hydrogen) atoms. The topological polar surface area (TPSA) is 20.7 Å². The first-order chi connectivity index (χ1) is 9.47. The van der Waals surface area contributed by atoms with E-state index in [2.05, 4.69) is 20.9 Å². The zero-order valence-corrected chi connectivity index (χ0v) is 15.1. The summed E-state index contributed by atoms with van der Waals surface area (Å²) < 4.78 is 17.4. The quantitative estimate of drug-likeness (QED) is 0.340. The van der Waals surface area contributed by atoms with Crippen molar-refractivity contribution in [1.82, 2.24) is 9.55 Å². The maximum Gasteiger partial charge on any atom is 0.182 e. The zero-order chi connectivity index (χ0) is 14.4. The smallest absolute Gasteiger partial charge is 0.182 e. The van der Waals surface area contributed by atoms with E-state index >= 15 is 0 Å². The molecule has 0 saturated heterocycles. The monoisotopic (exact) mass is 482 g/mol. The molecule has 2 nitrogen and oxygen atoms in total. The highest BCUT2D eigenvalue weighted by atomic mass is 127. The molecule has 0 saturated carbocycles. The molecule has 0 spiro atoms. The third kappa shape index (κ3) is 2.43. The first kappa shape index (κ1) is 14.5. The standard InChI is InChI=1S/C13H6BrClFIN2S/c14-6-1-2-7(15)11(3-6)19-12-4-8(16)9(17)5-10(12)18-13(19)20/h1-5H,(H,18,20). The molecule has 0 fully saturated rings. The minimum atomic E-state index is -0.285. The number of imidazole rings is 1. The van der Waals surface area contributed by atoms with Crippen LogP contribution >= 0.6 is 62.3 Å². The molecular formula is C13H6BrClFIN2S. The van der Waals surface area contributed by atoms with E-state index in [0.29, 0.717) is 24.6 Å². The molecule has 0 aliphatic carbocycles. The normalized spacial score (nSPS) is 11.2. The molecule has 102 valence electrons. The van der Waals surface area contributed by atoms with E-state index in [1.807, 2.05) is 34.7 Å². The van der Waals surface area contributed by atoms with E-state index in [1.54, 1.807) is 16.7 Å². The van der Waals surface area contributed by atoms with Crippen LogP contribution in [-0.4, -0.2) is 9.55 Å². The number of aromatic amines is 1. The number of nitrogens with one attached hydrogen (secondary N) is 1. The van der Waals surface area contributed by atoms with Crippen LogP contribution in [-0.2, 0) is 0 Å². The molecule has 0 atom stereocenters. The van der Waals surface area contributed by atoms with Crippen LogP contribution < -0.4 is 0 Å². The fourth-order valence-corrected chi connectivity index (χ4v) is 3.32. The Hall–Kier alpha value is -0.440. The summed E-state index contributed by atoms with van der Waals surface area (Å²) in [6, 6.07) is 8.64. The zero-order valence-electron chi connectivity index (χ0n) is 9.75. The summed E-state index contributed by atoms with van der Waals surface area (Å²) in [6.07, 6.45) is 0. The van der Waals surface area contributed by atoms with Crippen LogP contribution in [0.15, 0.2) is 34.8 Å². The second-order valence-corrected chi connectivity index (χ2v) is 7.02. The molecule has 1 N–H and O–H groups in total. The number of hydrogen-bond donors (Lipinski definition) is 1. The molecule has 0 unspecified atom stereocenters. The van der Waals surface area contributed by atoms with Gasteiger partial charge < -0.3 is 4.98 Å². The molecule has 0 aliphatic rings. The lowest BCUT2D eigenvalue weighted by molar-refractivity contribution is 0.622. The SMILES string of the molecule is Fc1cc2c(cc1I)[nH]c(=S)n2-c1cc(Br)ccc1Cl. The van der Waals surface area contributed by atoms with E-state index < -0.39 is 0 Å². The molecule has 1 aromatic heterocycles. The Balaban J connectivity index is 2.42. The number of fused-ring (bicyclic) bond motifs is 1. The second kappa shape index (κ2) is 5.40. The van der Waals surface area contributed by atoms with Crippen LogP contribution in [0.25, 0.3) is 16.7 Å². The van der Waals surface area contributed by atoms with Gasteiger partial charge in [-0.25, -0.2) is 4.39 Å². The van der Waals surface area contributed by atoms with Crippen LogP contribution in [0, 0.1) is 14.2 Å². The van der Waals surface area contributed by atoms with Crippen LogP contribution in [0.3, 0.4) is 0 Å². The average Bonchev–Trinajstić information content (AvgIpc) is 2.69. The lowest BCUT2D eigenvalue weighted by Crippen LogP contribution is -1.96. The third-order valence-electron chi connectivity index (χ3n) is 2.87. The van der Waals surface area contributed by atoms with Gasteiger partial charge in [0.15, 0.2) is 4.77 Å². The van der Waals surface area contributed by atoms with Gasteiger partial charge >= 0.3 is 0 Å². The van der Waals surface area contributed by atoms with E-state index in [1.165, 1.54) is 6.07 Å². The minimum Gasteiger partial charge on any atom is -0.330 e. The first-order valence-electron chi connectivity index (χ1n) is 5.52. The average molecular weight is 484 g/mol. The van der Waals surface area contributed by atoms with Crippen molar-refractivity contribution in [3.63, 3.8) is 0 Å². The van der Waals surface area contributed by atoms with Crippen molar-refractivity contribution in [1.29, 1.82) is 0 Å². The maximum absolute atomic E-state index is 13.8. The summed E-state index contributed by atoms with van der Waals surface area (Å²) in [5.41, 5.74) is 2.14. The molecular weight excluding hydrogens is 477 g/mol. The largest absolute Gasteiger partial charge is 0.330 e. The van der Waals surface area contributed by atoms with Gasteiger partial charge in [-0.3, -0.25) is 4.57 Å². The number of nitrogens with zero attached hydrogens (tertiary/aromatic N) is 1. The molecule has 7 heteroatoms. The minimum absolute atomic E-state index is 0.285. The number of hydrogen-bond acceptors (Lipinski definition) is 1.